The van der Waals surface area contributed by atoms with Gasteiger partial charge in [-0.3, -0.25) is 4.79 Å². The first-order chi connectivity index (χ1) is 9.19. The van der Waals surface area contributed by atoms with Gasteiger partial charge in [0.25, 0.3) is 0 Å². The second-order valence-corrected chi connectivity index (χ2v) is 4.05. The molecule has 0 bridgehead atoms. The zero-order valence-corrected chi connectivity index (χ0v) is 10.5. The van der Waals surface area contributed by atoms with Gasteiger partial charge in [-0.05, 0) is 36.4 Å². The molecule has 0 atom stereocenters. The van der Waals surface area contributed by atoms with E-state index in [2.05, 4.69) is 5.32 Å². The van der Waals surface area contributed by atoms with Gasteiger partial charge in [-0.25, -0.2) is 0 Å². The Morgan fingerprint density at radius 2 is 2.26 bits per heavy atom. The van der Waals surface area contributed by atoms with Crippen molar-refractivity contribution >= 4 is 29.3 Å². The average molecular weight is 273 g/mol. The summed E-state index contributed by atoms with van der Waals surface area (Å²) >= 11 is 5.86. The molecule has 1 heterocycles. The van der Waals surface area contributed by atoms with E-state index in [0.29, 0.717) is 22.0 Å². The van der Waals surface area contributed by atoms with E-state index in [1.807, 2.05) is 6.07 Å². The van der Waals surface area contributed by atoms with E-state index in [-0.39, 0.29) is 5.91 Å². The molecule has 0 fully saturated rings. The van der Waals surface area contributed by atoms with Gasteiger partial charge in [0.2, 0.25) is 5.91 Å². The van der Waals surface area contributed by atoms with Crippen molar-refractivity contribution in [2.75, 3.05) is 5.32 Å². The first-order valence-electron chi connectivity index (χ1n) is 5.41. The van der Waals surface area contributed by atoms with Crippen LogP contribution in [0.15, 0.2) is 47.1 Å². The minimum atomic E-state index is -0.308. The summed E-state index contributed by atoms with van der Waals surface area (Å²) < 4.78 is 5.06. The monoisotopic (exact) mass is 272 g/mol. The Bertz CT molecular complexity index is 655. The molecule has 2 rings (SSSR count). The predicted octanol–water partition coefficient (Wildman–Crippen LogP) is 3.46. The maximum atomic E-state index is 11.6. The summed E-state index contributed by atoms with van der Waals surface area (Å²) in [6.45, 7) is 0. The lowest BCUT2D eigenvalue weighted by Gasteiger charge is -2.03. The van der Waals surface area contributed by atoms with Crippen molar-refractivity contribution in [1.29, 1.82) is 5.26 Å². The first kappa shape index (κ1) is 12.9. The third-order valence-electron chi connectivity index (χ3n) is 2.30. The molecule has 0 unspecified atom stereocenters. The number of hydrogen-bond donors (Lipinski definition) is 1. The van der Waals surface area contributed by atoms with E-state index in [9.17, 15) is 4.79 Å². The molecule has 4 nitrogen and oxygen atoms in total. The second-order valence-electron chi connectivity index (χ2n) is 3.64. The van der Waals surface area contributed by atoms with Gasteiger partial charge in [0.05, 0.1) is 16.8 Å². The van der Waals surface area contributed by atoms with Gasteiger partial charge < -0.3 is 9.73 Å². The van der Waals surface area contributed by atoms with Crippen molar-refractivity contribution in [3.05, 3.63) is 59.0 Å². The second kappa shape index (κ2) is 5.89. The Morgan fingerprint density at radius 1 is 1.42 bits per heavy atom. The number of nitrogens with zero attached hydrogens (tertiary/aromatic N) is 1. The van der Waals surface area contributed by atoms with E-state index in [0.717, 1.165) is 0 Å². The zero-order valence-electron chi connectivity index (χ0n) is 9.76. The summed E-state index contributed by atoms with van der Waals surface area (Å²) in [5, 5.41) is 11.7. The molecular formula is C14H9ClN2O2. The molecule has 0 radical (unpaired) electrons. The smallest absolute Gasteiger partial charge is 0.248 e. The number of carbonyl (C=O) groups is 1. The molecule has 0 aliphatic heterocycles. The molecule has 0 saturated heterocycles. The fourth-order valence-corrected chi connectivity index (χ4v) is 1.63. The molecule has 0 aliphatic carbocycles. The molecule has 1 amide bonds. The van der Waals surface area contributed by atoms with Crippen molar-refractivity contribution in [2.45, 2.75) is 0 Å². The topological polar surface area (TPSA) is 66.0 Å². The molecule has 1 N–H and O–H groups in total. The van der Waals surface area contributed by atoms with Gasteiger partial charge in [-0.1, -0.05) is 11.6 Å². The van der Waals surface area contributed by atoms with E-state index >= 15 is 0 Å². The molecule has 1 aromatic heterocycles. The average Bonchev–Trinajstić information content (AvgIpc) is 2.90. The normalized spacial score (nSPS) is 10.3. The summed E-state index contributed by atoms with van der Waals surface area (Å²) in [4.78, 5) is 11.6. The number of carbonyl (C=O) groups excluding carboxylic acids is 1. The quantitative estimate of drug-likeness (QED) is 0.870. The molecule has 0 saturated carbocycles. The third-order valence-corrected chi connectivity index (χ3v) is 2.61. The number of halogens is 1. The highest BCUT2D eigenvalue weighted by Gasteiger charge is 2.03. The summed E-state index contributed by atoms with van der Waals surface area (Å²) in [6.07, 6.45) is 4.43. The van der Waals surface area contributed by atoms with Crippen molar-refractivity contribution in [1.82, 2.24) is 0 Å². The van der Waals surface area contributed by atoms with Gasteiger partial charge >= 0.3 is 0 Å². The number of rotatable bonds is 3. The number of nitrogens with one attached hydrogen (secondary N) is 1. The molecule has 0 aliphatic rings. The fourth-order valence-electron chi connectivity index (χ4n) is 1.41. The molecule has 0 spiro atoms. The third kappa shape index (κ3) is 3.47. The number of benzene rings is 1. The highest BCUT2D eigenvalue weighted by molar-refractivity contribution is 6.32. The van der Waals surface area contributed by atoms with E-state index < -0.39 is 0 Å². The Labute approximate surface area is 114 Å². The van der Waals surface area contributed by atoms with Gasteiger partial charge in [-0.15, -0.1) is 0 Å². The lowest BCUT2D eigenvalue weighted by atomic mass is 10.2. The van der Waals surface area contributed by atoms with Gasteiger partial charge in [0.1, 0.15) is 11.8 Å². The minimum Gasteiger partial charge on any atom is -0.465 e. The Morgan fingerprint density at radius 3 is 2.89 bits per heavy atom. The standard InChI is InChI=1S/C14H9ClN2O2/c15-13-8-11(4-3-10(13)9-16)17-14(18)6-5-12-2-1-7-19-12/h1-8H,(H,17,18)/b6-5+. The highest BCUT2D eigenvalue weighted by Crippen LogP contribution is 2.20. The molecule has 2 aromatic rings. The Kier molecular flexibility index (Phi) is 4.01. The molecule has 1 aromatic carbocycles. The molecule has 94 valence electrons. The van der Waals surface area contributed by atoms with E-state index in [4.69, 9.17) is 21.3 Å². The first-order valence-corrected chi connectivity index (χ1v) is 5.79. The summed E-state index contributed by atoms with van der Waals surface area (Å²) in [5.74, 6) is 0.283. The van der Waals surface area contributed by atoms with Crippen LogP contribution in [0, 0.1) is 11.3 Å². The summed E-state index contributed by atoms with van der Waals surface area (Å²) in [7, 11) is 0. The Hall–Kier alpha value is -2.51. The van der Waals surface area contributed by atoms with Crippen LogP contribution in [-0.2, 0) is 4.79 Å². The SMILES string of the molecule is N#Cc1ccc(NC(=O)/C=C/c2ccco2)cc1Cl. The predicted molar refractivity (Wildman–Crippen MR) is 72.5 cm³/mol. The summed E-state index contributed by atoms with van der Waals surface area (Å²) in [6, 6.07) is 10.1. The van der Waals surface area contributed by atoms with E-state index in [1.54, 1.807) is 30.3 Å². The van der Waals surface area contributed by atoms with Crippen LogP contribution >= 0.6 is 11.6 Å². The van der Waals surface area contributed by atoms with Crippen molar-refractivity contribution in [2.24, 2.45) is 0 Å². The van der Waals surface area contributed by atoms with Crippen molar-refractivity contribution in [3.8, 4) is 6.07 Å². The van der Waals surface area contributed by atoms with Crippen LogP contribution in [0.5, 0.6) is 0 Å². The molecule has 5 heteroatoms. The maximum absolute atomic E-state index is 11.6. The highest BCUT2D eigenvalue weighted by atomic mass is 35.5. The van der Waals surface area contributed by atoms with Crippen LogP contribution < -0.4 is 5.32 Å². The molecule has 19 heavy (non-hydrogen) atoms. The van der Waals surface area contributed by atoms with Crippen molar-refractivity contribution in [3.63, 3.8) is 0 Å². The van der Waals surface area contributed by atoms with Crippen LogP contribution in [0.1, 0.15) is 11.3 Å². The zero-order chi connectivity index (χ0) is 13.7. The fraction of sp³-hybridized carbons (Fsp3) is 0. The van der Waals surface area contributed by atoms with Crippen LogP contribution in [0.25, 0.3) is 6.08 Å². The minimum absolute atomic E-state index is 0.301. The van der Waals surface area contributed by atoms with Gasteiger partial charge in [0, 0.05) is 11.8 Å². The number of amides is 1. The van der Waals surface area contributed by atoms with Crippen molar-refractivity contribution < 1.29 is 9.21 Å². The molecular weight excluding hydrogens is 264 g/mol. The number of furan rings is 1. The number of nitriles is 1. The van der Waals surface area contributed by atoms with Crippen LogP contribution in [-0.4, -0.2) is 5.91 Å². The lowest BCUT2D eigenvalue weighted by molar-refractivity contribution is -0.111. The van der Waals surface area contributed by atoms with Crippen LogP contribution in [0.4, 0.5) is 5.69 Å². The number of anilines is 1. The Balaban J connectivity index is 2.03. The largest absolute Gasteiger partial charge is 0.465 e. The van der Waals surface area contributed by atoms with Crippen LogP contribution in [0.2, 0.25) is 5.02 Å². The maximum Gasteiger partial charge on any atom is 0.248 e. The number of hydrogen-bond acceptors (Lipinski definition) is 3. The van der Waals surface area contributed by atoms with Gasteiger partial charge in [0.15, 0.2) is 0 Å². The van der Waals surface area contributed by atoms with E-state index in [1.165, 1.54) is 18.4 Å². The van der Waals surface area contributed by atoms with Gasteiger partial charge in [-0.2, -0.15) is 5.26 Å². The summed E-state index contributed by atoms with van der Waals surface area (Å²) in [5.41, 5.74) is 0.892. The van der Waals surface area contributed by atoms with Crippen LogP contribution in [0.3, 0.4) is 0 Å². The lowest BCUT2D eigenvalue weighted by Crippen LogP contribution is -2.07.